The Labute approximate surface area is 87.8 Å². The van der Waals surface area contributed by atoms with Crippen molar-refractivity contribution in [1.82, 2.24) is 4.98 Å². The molecule has 76 valence electrons. The van der Waals surface area contributed by atoms with Crippen LogP contribution in [0, 0.1) is 11.3 Å². The lowest BCUT2D eigenvalue weighted by molar-refractivity contribution is -0.139. The predicted molar refractivity (Wildman–Crippen MR) is 54.6 cm³/mol. The van der Waals surface area contributed by atoms with Gasteiger partial charge in [-0.25, -0.2) is 4.98 Å². The second kappa shape index (κ2) is 5.55. The van der Waals surface area contributed by atoms with Gasteiger partial charge in [-0.2, -0.15) is 5.26 Å². The van der Waals surface area contributed by atoms with Gasteiger partial charge in [0.1, 0.15) is 11.8 Å². The third-order valence-electron chi connectivity index (χ3n) is 1.72. The molecule has 0 unspecified atom stereocenters. The number of nitrogens with zero attached hydrogens (tertiary/aromatic N) is 2. The lowest BCUT2D eigenvalue weighted by Gasteiger charge is -1.94. The highest BCUT2D eigenvalue weighted by Crippen LogP contribution is 2.04. The molecule has 0 saturated carbocycles. The fourth-order valence-electron chi connectivity index (χ4n) is 0.986. The van der Waals surface area contributed by atoms with E-state index in [2.05, 4.69) is 9.72 Å². The Balaban J connectivity index is 2.65. The molecular weight excluding hydrogens is 192 g/mol. The first-order chi connectivity index (χ1) is 7.26. The number of methoxy groups -OCH3 is 1. The molecule has 0 N–H and O–H groups in total. The van der Waals surface area contributed by atoms with E-state index in [1.54, 1.807) is 30.5 Å². The van der Waals surface area contributed by atoms with Gasteiger partial charge in [0.15, 0.2) is 0 Å². The van der Waals surface area contributed by atoms with Crippen LogP contribution >= 0.6 is 0 Å². The molecule has 1 aromatic heterocycles. The zero-order valence-electron chi connectivity index (χ0n) is 8.30. The number of pyridine rings is 1. The summed E-state index contributed by atoms with van der Waals surface area (Å²) in [7, 11) is 1.34. The Morgan fingerprint density at radius 1 is 1.73 bits per heavy atom. The first-order valence-electron chi connectivity index (χ1n) is 4.36. The van der Waals surface area contributed by atoms with E-state index in [9.17, 15) is 4.79 Å². The molecule has 0 aliphatic heterocycles. The molecule has 4 nitrogen and oxygen atoms in total. The van der Waals surface area contributed by atoms with E-state index in [4.69, 9.17) is 5.26 Å². The number of hydrogen-bond acceptors (Lipinski definition) is 4. The molecule has 1 heterocycles. The van der Waals surface area contributed by atoms with Crippen LogP contribution < -0.4 is 0 Å². The van der Waals surface area contributed by atoms with Gasteiger partial charge in [0.25, 0.3) is 0 Å². The predicted octanol–water partition coefficient (Wildman–Crippen LogP) is 1.53. The number of carbonyl (C=O) groups is 1. The number of esters is 1. The summed E-state index contributed by atoms with van der Waals surface area (Å²) in [6.45, 7) is 0. The Hall–Kier alpha value is -2.15. The molecule has 15 heavy (non-hydrogen) atoms. The fourth-order valence-corrected chi connectivity index (χ4v) is 0.986. The first-order valence-corrected chi connectivity index (χ1v) is 4.36. The topological polar surface area (TPSA) is 63.0 Å². The Kier molecular flexibility index (Phi) is 4.05. The van der Waals surface area contributed by atoms with Gasteiger partial charge >= 0.3 is 5.97 Å². The summed E-state index contributed by atoms with van der Waals surface area (Å²) in [6.07, 6.45) is 5.21. The molecule has 1 aromatic rings. The second-order valence-corrected chi connectivity index (χ2v) is 2.77. The van der Waals surface area contributed by atoms with E-state index in [0.29, 0.717) is 5.69 Å². The SMILES string of the molecule is COC(=O)CC=Cc1ccnc(C#N)c1. The summed E-state index contributed by atoms with van der Waals surface area (Å²) in [6, 6.07) is 5.35. The molecule has 0 amide bonds. The van der Waals surface area contributed by atoms with Gasteiger partial charge in [0, 0.05) is 6.20 Å². The Morgan fingerprint density at radius 2 is 2.53 bits per heavy atom. The normalized spacial score (nSPS) is 9.87. The van der Waals surface area contributed by atoms with Crippen LogP contribution in [0.25, 0.3) is 6.08 Å². The lowest BCUT2D eigenvalue weighted by atomic mass is 10.2. The molecule has 0 aliphatic carbocycles. The summed E-state index contributed by atoms with van der Waals surface area (Å²) < 4.78 is 4.48. The molecule has 0 aliphatic rings. The minimum absolute atomic E-state index is 0.223. The smallest absolute Gasteiger partial charge is 0.309 e. The van der Waals surface area contributed by atoms with Crippen molar-refractivity contribution in [3.05, 3.63) is 35.7 Å². The van der Waals surface area contributed by atoms with Gasteiger partial charge < -0.3 is 4.74 Å². The van der Waals surface area contributed by atoms with Crippen LogP contribution in [0.2, 0.25) is 0 Å². The molecular formula is C11H10N2O2. The van der Waals surface area contributed by atoms with Crippen LogP contribution in [0.15, 0.2) is 24.4 Å². The second-order valence-electron chi connectivity index (χ2n) is 2.77. The molecule has 0 saturated heterocycles. The summed E-state index contributed by atoms with van der Waals surface area (Å²) >= 11 is 0. The van der Waals surface area contributed by atoms with Crippen molar-refractivity contribution in [3.8, 4) is 6.07 Å². The summed E-state index contributed by atoms with van der Waals surface area (Å²) in [5.41, 5.74) is 1.20. The van der Waals surface area contributed by atoms with Gasteiger partial charge in [-0.05, 0) is 17.7 Å². The standard InChI is InChI=1S/C11H10N2O2/c1-15-11(14)4-2-3-9-5-6-13-10(7-9)8-12/h2-3,5-7H,4H2,1H3. The number of nitriles is 1. The molecule has 4 heteroatoms. The minimum Gasteiger partial charge on any atom is -0.469 e. The van der Waals surface area contributed by atoms with Crippen LogP contribution in [-0.4, -0.2) is 18.1 Å². The molecule has 0 radical (unpaired) electrons. The number of aromatic nitrogens is 1. The zero-order chi connectivity index (χ0) is 11.1. The number of rotatable bonds is 3. The highest BCUT2D eigenvalue weighted by atomic mass is 16.5. The van der Waals surface area contributed by atoms with Crippen molar-refractivity contribution >= 4 is 12.0 Å². The first kappa shape index (κ1) is 10.9. The Bertz CT molecular complexity index is 419. The van der Waals surface area contributed by atoms with Crippen molar-refractivity contribution < 1.29 is 9.53 Å². The van der Waals surface area contributed by atoms with E-state index in [0.717, 1.165) is 5.56 Å². The highest BCUT2D eigenvalue weighted by molar-refractivity contribution is 5.72. The molecule has 1 rings (SSSR count). The quantitative estimate of drug-likeness (QED) is 0.697. The van der Waals surface area contributed by atoms with E-state index >= 15 is 0 Å². The average molecular weight is 202 g/mol. The van der Waals surface area contributed by atoms with Gasteiger partial charge in [-0.15, -0.1) is 0 Å². The van der Waals surface area contributed by atoms with Crippen LogP contribution in [-0.2, 0) is 9.53 Å². The van der Waals surface area contributed by atoms with Gasteiger partial charge in [0.2, 0.25) is 0 Å². The maximum Gasteiger partial charge on any atom is 0.309 e. The van der Waals surface area contributed by atoms with E-state index in [1.165, 1.54) is 7.11 Å². The average Bonchev–Trinajstić information content (AvgIpc) is 2.29. The number of hydrogen-bond donors (Lipinski definition) is 0. The van der Waals surface area contributed by atoms with Crippen LogP contribution in [0.3, 0.4) is 0 Å². The van der Waals surface area contributed by atoms with Gasteiger partial charge in [0.05, 0.1) is 13.5 Å². The fraction of sp³-hybridized carbons (Fsp3) is 0.182. The van der Waals surface area contributed by atoms with Gasteiger partial charge in [-0.1, -0.05) is 12.2 Å². The third kappa shape index (κ3) is 3.61. The molecule has 0 bridgehead atoms. The van der Waals surface area contributed by atoms with Crippen LogP contribution in [0.5, 0.6) is 0 Å². The van der Waals surface area contributed by atoms with E-state index < -0.39 is 0 Å². The zero-order valence-corrected chi connectivity index (χ0v) is 8.30. The maximum absolute atomic E-state index is 10.8. The van der Waals surface area contributed by atoms with Crippen molar-refractivity contribution in [2.75, 3.05) is 7.11 Å². The lowest BCUT2D eigenvalue weighted by Crippen LogP contribution is -1.96. The third-order valence-corrected chi connectivity index (χ3v) is 1.72. The van der Waals surface area contributed by atoms with Crippen molar-refractivity contribution in [2.45, 2.75) is 6.42 Å². The molecule has 0 fully saturated rings. The van der Waals surface area contributed by atoms with E-state index in [-0.39, 0.29) is 12.4 Å². The van der Waals surface area contributed by atoms with Crippen LogP contribution in [0.4, 0.5) is 0 Å². The molecule has 0 atom stereocenters. The van der Waals surface area contributed by atoms with Crippen molar-refractivity contribution in [2.24, 2.45) is 0 Å². The highest BCUT2D eigenvalue weighted by Gasteiger charge is 1.95. The van der Waals surface area contributed by atoms with Crippen molar-refractivity contribution in [3.63, 3.8) is 0 Å². The monoisotopic (exact) mass is 202 g/mol. The number of carbonyl (C=O) groups excluding carboxylic acids is 1. The largest absolute Gasteiger partial charge is 0.469 e. The Morgan fingerprint density at radius 3 is 3.20 bits per heavy atom. The molecule has 0 aromatic carbocycles. The summed E-state index contributed by atoms with van der Waals surface area (Å²) in [5.74, 6) is -0.291. The summed E-state index contributed by atoms with van der Waals surface area (Å²) in [5, 5.41) is 8.60. The van der Waals surface area contributed by atoms with Crippen molar-refractivity contribution in [1.29, 1.82) is 5.26 Å². The maximum atomic E-state index is 10.8. The molecule has 0 spiro atoms. The van der Waals surface area contributed by atoms with E-state index in [1.807, 2.05) is 6.07 Å². The number of ether oxygens (including phenoxy) is 1. The summed E-state index contributed by atoms with van der Waals surface area (Å²) in [4.78, 5) is 14.6. The van der Waals surface area contributed by atoms with Gasteiger partial charge in [-0.3, -0.25) is 4.79 Å². The minimum atomic E-state index is -0.291. The van der Waals surface area contributed by atoms with Crippen LogP contribution in [0.1, 0.15) is 17.7 Å².